The van der Waals surface area contributed by atoms with Crippen molar-refractivity contribution in [1.82, 2.24) is 9.88 Å². The molecule has 1 fully saturated rings. The average Bonchev–Trinajstić information content (AvgIpc) is 3.22. The van der Waals surface area contributed by atoms with Crippen molar-refractivity contribution in [3.8, 4) is 11.5 Å². The molecule has 3 rings (SSSR count). The van der Waals surface area contributed by atoms with Gasteiger partial charge < -0.3 is 23.5 Å². The standard InChI is InChI=1S/C21H31ClN3O5P/c1-3-13-28-31(26,29-14-4-2)21-20(23-9-10-25-11-15-27-16-12-25)30-19(24-21)17-7-5-6-8-18(17)22/h5-8,23H,3-4,9-16H2,1-2H3. The number of halogens is 1. The Bertz CT molecular complexity index is 860. The topological polar surface area (TPSA) is 86.1 Å². The quantitative estimate of drug-likeness (QED) is 0.455. The summed E-state index contributed by atoms with van der Waals surface area (Å²) in [5.41, 5.74) is 0.774. The Hall–Kier alpha value is -1.41. The third-order valence-corrected chi connectivity index (χ3v) is 6.92. The third kappa shape index (κ3) is 6.54. The molecule has 0 unspecified atom stereocenters. The molecule has 0 spiro atoms. The highest BCUT2D eigenvalue weighted by Crippen LogP contribution is 2.49. The van der Waals surface area contributed by atoms with Gasteiger partial charge in [-0.25, -0.2) is 0 Å². The van der Waals surface area contributed by atoms with Crippen LogP contribution in [0.3, 0.4) is 0 Å². The molecule has 1 aromatic heterocycles. The minimum atomic E-state index is -3.67. The lowest BCUT2D eigenvalue weighted by Gasteiger charge is -2.26. The molecule has 172 valence electrons. The monoisotopic (exact) mass is 471 g/mol. The Labute approximate surface area is 188 Å². The molecule has 8 nitrogen and oxygen atoms in total. The van der Waals surface area contributed by atoms with E-state index >= 15 is 0 Å². The van der Waals surface area contributed by atoms with Crippen molar-refractivity contribution in [2.45, 2.75) is 26.7 Å². The zero-order chi connectivity index (χ0) is 22.1. The highest BCUT2D eigenvalue weighted by molar-refractivity contribution is 7.62. The number of rotatable bonds is 12. The molecule has 1 saturated heterocycles. The van der Waals surface area contributed by atoms with E-state index in [-0.39, 0.29) is 11.3 Å². The molecule has 0 atom stereocenters. The van der Waals surface area contributed by atoms with Crippen molar-refractivity contribution in [3.05, 3.63) is 29.3 Å². The van der Waals surface area contributed by atoms with Crippen molar-refractivity contribution in [2.24, 2.45) is 0 Å². The summed E-state index contributed by atoms with van der Waals surface area (Å²) in [6, 6.07) is 7.24. The number of morpholine rings is 1. The Morgan fingerprint density at radius 3 is 2.48 bits per heavy atom. The largest absolute Gasteiger partial charge is 0.420 e. The van der Waals surface area contributed by atoms with Gasteiger partial charge in [-0.2, -0.15) is 4.98 Å². The zero-order valence-electron chi connectivity index (χ0n) is 18.1. The molecule has 0 bridgehead atoms. The van der Waals surface area contributed by atoms with E-state index in [0.717, 1.165) is 32.8 Å². The molecule has 31 heavy (non-hydrogen) atoms. The number of hydrogen-bond donors (Lipinski definition) is 1. The zero-order valence-corrected chi connectivity index (χ0v) is 19.8. The Balaban J connectivity index is 1.88. The summed E-state index contributed by atoms with van der Waals surface area (Å²) in [6.45, 7) is 9.09. The number of oxazole rings is 1. The molecule has 0 radical (unpaired) electrons. The first-order valence-corrected chi connectivity index (χ1v) is 12.7. The number of ether oxygens (including phenoxy) is 1. The summed E-state index contributed by atoms with van der Waals surface area (Å²) < 4.78 is 36.5. The summed E-state index contributed by atoms with van der Waals surface area (Å²) in [5.74, 6) is 0.564. The molecule has 1 aliphatic heterocycles. The smallest absolute Gasteiger partial charge is 0.385 e. The van der Waals surface area contributed by atoms with Gasteiger partial charge in [0.15, 0.2) is 0 Å². The second-order valence-electron chi connectivity index (χ2n) is 7.20. The molecule has 0 aliphatic carbocycles. The molecule has 2 heterocycles. The summed E-state index contributed by atoms with van der Waals surface area (Å²) in [4.78, 5) is 6.82. The predicted octanol–water partition coefficient (Wildman–Crippen LogP) is 4.41. The van der Waals surface area contributed by atoms with E-state index < -0.39 is 7.60 Å². The van der Waals surface area contributed by atoms with Crippen LogP contribution in [0, 0.1) is 0 Å². The Morgan fingerprint density at radius 2 is 1.84 bits per heavy atom. The molecule has 0 saturated carbocycles. The molecular weight excluding hydrogens is 441 g/mol. The second-order valence-corrected chi connectivity index (χ2v) is 9.54. The van der Waals surface area contributed by atoms with Crippen LogP contribution in [0.1, 0.15) is 26.7 Å². The van der Waals surface area contributed by atoms with Crippen LogP contribution in [-0.4, -0.2) is 62.5 Å². The van der Waals surface area contributed by atoms with Crippen molar-refractivity contribution in [3.63, 3.8) is 0 Å². The lowest BCUT2D eigenvalue weighted by atomic mass is 10.2. The van der Waals surface area contributed by atoms with E-state index in [1.165, 1.54) is 0 Å². The first kappa shape index (κ1) is 24.2. The Kier molecular flexibility index (Phi) is 9.38. The average molecular weight is 472 g/mol. The minimum Gasteiger partial charge on any atom is -0.420 e. The van der Waals surface area contributed by atoms with Crippen LogP contribution in [0.4, 0.5) is 5.88 Å². The lowest BCUT2D eigenvalue weighted by molar-refractivity contribution is 0.0398. The molecule has 1 aromatic carbocycles. The van der Waals surface area contributed by atoms with Crippen LogP contribution in [0.5, 0.6) is 0 Å². The van der Waals surface area contributed by atoms with Crippen LogP contribution in [-0.2, 0) is 18.3 Å². The Morgan fingerprint density at radius 1 is 1.16 bits per heavy atom. The van der Waals surface area contributed by atoms with Gasteiger partial charge in [0.2, 0.25) is 17.2 Å². The van der Waals surface area contributed by atoms with Gasteiger partial charge in [-0.3, -0.25) is 9.46 Å². The van der Waals surface area contributed by atoms with Crippen LogP contribution in [0.25, 0.3) is 11.5 Å². The van der Waals surface area contributed by atoms with Gasteiger partial charge in [-0.05, 0) is 25.0 Å². The predicted molar refractivity (Wildman–Crippen MR) is 122 cm³/mol. The number of benzene rings is 1. The molecule has 2 aromatic rings. The first-order chi connectivity index (χ1) is 15.1. The van der Waals surface area contributed by atoms with E-state index in [1.54, 1.807) is 12.1 Å². The van der Waals surface area contributed by atoms with E-state index in [0.29, 0.717) is 49.1 Å². The van der Waals surface area contributed by atoms with E-state index in [9.17, 15) is 4.57 Å². The van der Waals surface area contributed by atoms with E-state index in [2.05, 4.69) is 15.2 Å². The van der Waals surface area contributed by atoms with Gasteiger partial charge in [0.1, 0.15) is 0 Å². The SMILES string of the molecule is CCCOP(=O)(OCCC)c1nc(-c2ccccc2Cl)oc1NCCN1CCOCC1. The number of aromatic nitrogens is 1. The van der Waals surface area contributed by atoms with Gasteiger partial charge >= 0.3 is 7.60 Å². The van der Waals surface area contributed by atoms with Crippen molar-refractivity contribution in [1.29, 1.82) is 0 Å². The maximum atomic E-state index is 13.7. The maximum absolute atomic E-state index is 13.7. The molecule has 1 N–H and O–H groups in total. The summed E-state index contributed by atoms with van der Waals surface area (Å²) in [5, 5.41) is 3.74. The van der Waals surface area contributed by atoms with Crippen molar-refractivity contribution in [2.75, 3.05) is 57.9 Å². The highest BCUT2D eigenvalue weighted by Gasteiger charge is 2.36. The van der Waals surface area contributed by atoms with Gasteiger partial charge in [-0.1, -0.05) is 37.6 Å². The molecule has 1 aliphatic rings. The van der Waals surface area contributed by atoms with Gasteiger partial charge in [0.25, 0.3) is 0 Å². The highest BCUT2D eigenvalue weighted by atomic mass is 35.5. The molecule has 0 amide bonds. The minimum absolute atomic E-state index is 0.159. The van der Waals surface area contributed by atoms with Crippen LogP contribution >= 0.6 is 19.2 Å². The van der Waals surface area contributed by atoms with Gasteiger partial charge in [-0.15, -0.1) is 0 Å². The summed E-state index contributed by atoms with van der Waals surface area (Å²) in [7, 11) is -3.67. The third-order valence-electron chi connectivity index (χ3n) is 4.72. The normalized spacial score (nSPS) is 15.3. The van der Waals surface area contributed by atoms with E-state index in [1.807, 2.05) is 26.0 Å². The van der Waals surface area contributed by atoms with Crippen LogP contribution in [0.15, 0.2) is 28.7 Å². The fourth-order valence-electron chi connectivity index (χ4n) is 3.10. The van der Waals surface area contributed by atoms with Gasteiger partial charge in [0, 0.05) is 26.2 Å². The number of nitrogens with one attached hydrogen (secondary N) is 1. The second kappa shape index (κ2) is 12.0. The van der Waals surface area contributed by atoms with Crippen molar-refractivity contribution >= 4 is 30.5 Å². The van der Waals surface area contributed by atoms with Crippen molar-refractivity contribution < 1.29 is 22.8 Å². The summed E-state index contributed by atoms with van der Waals surface area (Å²) in [6.07, 6.45) is 1.41. The number of anilines is 1. The molecule has 10 heteroatoms. The lowest BCUT2D eigenvalue weighted by Crippen LogP contribution is -2.39. The van der Waals surface area contributed by atoms with Crippen LogP contribution in [0.2, 0.25) is 5.02 Å². The number of hydrogen-bond acceptors (Lipinski definition) is 8. The number of nitrogens with zero attached hydrogens (tertiary/aromatic N) is 2. The molecular formula is C21H31ClN3O5P. The fraction of sp³-hybridized carbons (Fsp3) is 0.571. The van der Waals surface area contributed by atoms with E-state index in [4.69, 9.17) is 29.8 Å². The fourth-order valence-corrected chi connectivity index (χ4v) is 5.07. The van der Waals surface area contributed by atoms with Gasteiger partial charge in [0.05, 0.1) is 37.0 Å². The first-order valence-electron chi connectivity index (χ1n) is 10.8. The maximum Gasteiger partial charge on any atom is 0.385 e. The van der Waals surface area contributed by atoms with Crippen LogP contribution < -0.4 is 10.8 Å². The summed E-state index contributed by atoms with van der Waals surface area (Å²) >= 11 is 6.34.